The van der Waals surface area contributed by atoms with Crippen LogP contribution in [0.4, 0.5) is 11.4 Å². The predicted octanol–water partition coefficient (Wildman–Crippen LogP) is 1.30. The smallest absolute Gasteiger partial charge is 0.0670 e. The van der Waals surface area contributed by atoms with Gasteiger partial charge in [-0.05, 0) is 36.6 Å². The number of benzene rings is 1. The first-order valence-corrected chi connectivity index (χ1v) is 5.89. The Bertz CT molecular complexity index is 431. The molecule has 1 aromatic rings. The van der Waals surface area contributed by atoms with Crippen LogP contribution in [0, 0.1) is 11.3 Å². The SMILES string of the molecule is N#CCc1cc(N2CCC(O)CC2)ccc1N. The van der Waals surface area contributed by atoms with Gasteiger partial charge >= 0.3 is 0 Å². The molecule has 0 atom stereocenters. The number of nitrogens with zero attached hydrogens (tertiary/aromatic N) is 2. The van der Waals surface area contributed by atoms with E-state index in [4.69, 9.17) is 11.0 Å². The summed E-state index contributed by atoms with van der Waals surface area (Å²) in [7, 11) is 0. The van der Waals surface area contributed by atoms with E-state index in [9.17, 15) is 5.11 Å². The lowest BCUT2D eigenvalue weighted by Crippen LogP contribution is -2.35. The Morgan fingerprint density at radius 2 is 2.12 bits per heavy atom. The van der Waals surface area contributed by atoms with E-state index in [1.165, 1.54) is 0 Å². The number of hydrogen-bond donors (Lipinski definition) is 2. The molecule has 1 fully saturated rings. The number of aliphatic hydroxyl groups is 1. The topological polar surface area (TPSA) is 73.3 Å². The van der Waals surface area contributed by atoms with Crippen LogP contribution in [0.2, 0.25) is 0 Å². The van der Waals surface area contributed by atoms with Crippen molar-refractivity contribution in [3.05, 3.63) is 23.8 Å². The quantitative estimate of drug-likeness (QED) is 0.752. The molecular formula is C13H17N3O. The summed E-state index contributed by atoms with van der Waals surface area (Å²) in [5, 5.41) is 18.2. The molecule has 0 aromatic heterocycles. The molecule has 1 aromatic carbocycles. The first-order chi connectivity index (χ1) is 8.20. The van der Waals surface area contributed by atoms with Crippen LogP contribution in [0.5, 0.6) is 0 Å². The molecule has 0 radical (unpaired) electrons. The maximum atomic E-state index is 9.47. The van der Waals surface area contributed by atoms with Crippen molar-refractivity contribution < 1.29 is 5.11 Å². The fraction of sp³-hybridized carbons (Fsp3) is 0.462. The molecule has 90 valence electrons. The number of rotatable bonds is 2. The Labute approximate surface area is 101 Å². The van der Waals surface area contributed by atoms with Gasteiger partial charge < -0.3 is 15.7 Å². The van der Waals surface area contributed by atoms with Crippen LogP contribution < -0.4 is 10.6 Å². The third-order valence-corrected chi connectivity index (χ3v) is 3.23. The van der Waals surface area contributed by atoms with Gasteiger partial charge in [-0.3, -0.25) is 0 Å². The zero-order valence-corrected chi connectivity index (χ0v) is 9.76. The molecule has 0 saturated carbocycles. The molecule has 17 heavy (non-hydrogen) atoms. The van der Waals surface area contributed by atoms with Gasteiger partial charge in [0, 0.05) is 24.5 Å². The van der Waals surface area contributed by atoms with Crippen LogP contribution >= 0.6 is 0 Å². The molecule has 0 spiro atoms. The van der Waals surface area contributed by atoms with Crippen LogP contribution in [0.1, 0.15) is 18.4 Å². The van der Waals surface area contributed by atoms with Gasteiger partial charge in [0.1, 0.15) is 0 Å². The van der Waals surface area contributed by atoms with E-state index in [-0.39, 0.29) is 6.10 Å². The van der Waals surface area contributed by atoms with Crippen LogP contribution in [0.25, 0.3) is 0 Å². The Balaban J connectivity index is 2.16. The lowest BCUT2D eigenvalue weighted by Gasteiger charge is -2.31. The first-order valence-electron chi connectivity index (χ1n) is 5.89. The summed E-state index contributed by atoms with van der Waals surface area (Å²) in [5.41, 5.74) is 8.47. The highest BCUT2D eigenvalue weighted by Crippen LogP contribution is 2.24. The van der Waals surface area contributed by atoms with Gasteiger partial charge in [0.2, 0.25) is 0 Å². The summed E-state index contributed by atoms with van der Waals surface area (Å²) < 4.78 is 0. The monoisotopic (exact) mass is 231 g/mol. The Hall–Kier alpha value is -1.73. The molecule has 0 unspecified atom stereocenters. The maximum absolute atomic E-state index is 9.47. The van der Waals surface area contributed by atoms with Crippen molar-refractivity contribution in [2.24, 2.45) is 0 Å². The van der Waals surface area contributed by atoms with Crippen LogP contribution in [0.3, 0.4) is 0 Å². The Kier molecular flexibility index (Phi) is 3.50. The minimum atomic E-state index is -0.168. The van der Waals surface area contributed by atoms with Gasteiger partial charge in [0.15, 0.2) is 0 Å². The van der Waals surface area contributed by atoms with Crippen LogP contribution in [-0.4, -0.2) is 24.3 Å². The highest BCUT2D eigenvalue weighted by molar-refractivity contribution is 5.59. The van der Waals surface area contributed by atoms with Crippen molar-refractivity contribution in [1.82, 2.24) is 0 Å². The Morgan fingerprint density at radius 1 is 1.41 bits per heavy atom. The second kappa shape index (κ2) is 5.07. The zero-order valence-electron chi connectivity index (χ0n) is 9.76. The van der Waals surface area contributed by atoms with Gasteiger partial charge in [-0.1, -0.05) is 0 Å². The standard InChI is InChI=1S/C13H17N3O/c14-6-3-10-9-11(1-2-13(10)15)16-7-4-12(17)5-8-16/h1-2,9,12,17H,3-5,7-8,15H2. The molecule has 0 bridgehead atoms. The molecule has 1 heterocycles. The number of piperidine rings is 1. The van der Waals surface area contributed by atoms with Crippen LogP contribution in [-0.2, 0) is 6.42 Å². The number of nitrogen functional groups attached to an aromatic ring is 1. The van der Waals surface area contributed by atoms with E-state index in [1.807, 2.05) is 18.2 Å². The molecule has 4 nitrogen and oxygen atoms in total. The van der Waals surface area contributed by atoms with Gasteiger partial charge in [-0.25, -0.2) is 0 Å². The van der Waals surface area contributed by atoms with Crippen molar-refractivity contribution in [3.63, 3.8) is 0 Å². The molecule has 1 saturated heterocycles. The third kappa shape index (κ3) is 2.69. The summed E-state index contributed by atoms with van der Waals surface area (Å²) in [4.78, 5) is 2.23. The number of anilines is 2. The average molecular weight is 231 g/mol. The van der Waals surface area contributed by atoms with Crippen LogP contribution in [0.15, 0.2) is 18.2 Å². The first kappa shape index (κ1) is 11.7. The highest BCUT2D eigenvalue weighted by atomic mass is 16.3. The largest absolute Gasteiger partial charge is 0.398 e. The predicted molar refractivity (Wildman–Crippen MR) is 67.6 cm³/mol. The molecular weight excluding hydrogens is 214 g/mol. The van der Waals surface area contributed by atoms with E-state index in [0.717, 1.165) is 37.2 Å². The van der Waals surface area contributed by atoms with Crippen molar-refractivity contribution in [3.8, 4) is 6.07 Å². The maximum Gasteiger partial charge on any atom is 0.0670 e. The number of aliphatic hydroxyl groups excluding tert-OH is 1. The minimum Gasteiger partial charge on any atom is -0.398 e. The number of hydrogen-bond acceptors (Lipinski definition) is 4. The lowest BCUT2D eigenvalue weighted by atomic mass is 10.0. The van der Waals surface area contributed by atoms with Crippen molar-refractivity contribution >= 4 is 11.4 Å². The van der Waals surface area contributed by atoms with Gasteiger partial charge in [-0.2, -0.15) is 5.26 Å². The van der Waals surface area contributed by atoms with Crippen molar-refractivity contribution in [2.45, 2.75) is 25.4 Å². The van der Waals surface area contributed by atoms with Gasteiger partial charge in [0.25, 0.3) is 0 Å². The molecule has 3 N–H and O–H groups in total. The van der Waals surface area contributed by atoms with Crippen molar-refractivity contribution in [2.75, 3.05) is 23.7 Å². The fourth-order valence-electron chi connectivity index (χ4n) is 2.15. The second-order valence-corrected chi connectivity index (χ2v) is 4.44. The highest BCUT2D eigenvalue weighted by Gasteiger charge is 2.17. The summed E-state index contributed by atoms with van der Waals surface area (Å²) in [5.74, 6) is 0. The van der Waals surface area contributed by atoms with Gasteiger partial charge in [-0.15, -0.1) is 0 Å². The Morgan fingerprint density at radius 3 is 2.76 bits per heavy atom. The van der Waals surface area contributed by atoms with E-state index in [0.29, 0.717) is 12.1 Å². The summed E-state index contributed by atoms with van der Waals surface area (Å²) in [6, 6.07) is 7.94. The molecule has 0 aliphatic carbocycles. The summed E-state index contributed by atoms with van der Waals surface area (Å²) in [6.07, 6.45) is 1.78. The summed E-state index contributed by atoms with van der Waals surface area (Å²) >= 11 is 0. The minimum absolute atomic E-state index is 0.168. The normalized spacial score (nSPS) is 16.8. The van der Waals surface area contributed by atoms with E-state index >= 15 is 0 Å². The molecule has 1 aliphatic heterocycles. The third-order valence-electron chi connectivity index (χ3n) is 3.23. The number of nitrogens with two attached hydrogens (primary N) is 1. The molecule has 1 aliphatic rings. The summed E-state index contributed by atoms with van der Waals surface area (Å²) in [6.45, 7) is 1.72. The van der Waals surface area contributed by atoms with Crippen molar-refractivity contribution in [1.29, 1.82) is 5.26 Å². The molecule has 4 heteroatoms. The lowest BCUT2D eigenvalue weighted by molar-refractivity contribution is 0.145. The van der Waals surface area contributed by atoms with E-state index in [2.05, 4.69) is 11.0 Å². The van der Waals surface area contributed by atoms with E-state index < -0.39 is 0 Å². The van der Waals surface area contributed by atoms with Gasteiger partial charge in [0.05, 0.1) is 18.6 Å². The zero-order chi connectivity index (χ0) is 12.3. The van der Waals surface area contributed by atoms with E-state index in [1.54, 1.807) is 0 Å². The average Bonchev–Trinajstić information content (AvgIpc) is 2.33. The second-order valence-electron chi connectivity index (χ2n) is 4.44. The molecule has 0 amide bonds. The molecule has 2 rings (SSSR count). The fourth-order valence-corrected chi connectivity index (χ4v) is 2.15. The number of nitriles is 1.